The molecule has 0 fully saturated rings. The van der Waals surface area contributed by atoms with Crippen molar-refractivity contribution in [1.82, 2.24) is 5.32 Å². The van der Waals surface area contributed by atoms with Crippen LogP contribution in [0.3, 0.4) is 0 Å². The monoisotopic (exact) mass is 358 g/mol. The third-order valence-corrected chi connectivity index (χ3v) is 5.54. The molecular formula is C19H19FN2O2S. The van der Waals surface area contributed by atoms with Crippen LogP contribution in [0.4, 0.5) is 10.1 Å². The first-order chi connectivity index (χ1) is 12.0. The first kappa shape index (κ1) is 17.5. The molecule has 1 heterocycles. The molecule has 1 aliphatic rings. The number of fused-ring (bicyclic) bond motifs is 1. The molecule has 2 amide bonds. The van der Waals surface area contributed by atoms with E-state index in [1.54, 1.807) is 25.1 Å². The molecule has 4 nitrogen and oxygen atoms in total. The van der Waals surface area contributed by atoms with E-state index in [9.17, 15) is 14.0 Å². The maximum atomic E-state index is 13.6. The quantitative estimate of drug-likeness (QED) is 0.636. The van der Waals surface area contributed by atoms with Crippen molar-refractivity contribution >= 4 is 29.3 Å². The smallest absolute Gasteiger partial charge is 0.250 e. The van der Waals surface area contributed by atoms with Crippen molar-refractivity contribution in [2.75, 3.05) is 11.9 Å². The Labute approximate surface area is 150 Å². The number of nitrogens with one attached hydrogen (secondary N) is 2. The molecule has 0 aliphatic carbocycles. The fourth-order valence-corrected chi connectivity index (χ4v) is 3.79. The Hall–Kier alpha value is -2.34. The maximum absolute atomic E-state index is 13.6. The molecule has 3 rings (SSSR count). The van der Waals surface area contributed by atoms with E-state index >= 15 is 0 Å². The lowest BCUT2D eigenvalue weighted by Gasteiger charge is -2.31. The van der Waals surface area contributed by atoms with Crippen LogP contribution in [0.1, 0.15) is 18.9 Å². The van der Waals surface area contributed by atoms with Crippen LogP contribution in [-0.4, -0.2) is 23.1 Å². The van der Waals surface area contributed by atoms with E-state index in [1.165, 1.54) is 17.8 Å². The van der Waals surface area contributed by atoms with Crippen LogP contribution in [0, 0.1) is 5.82 Å². The number of carbonyl (C=O) groups is 2. The molecule has 0 spiro atoms. The van der Waals surface area contributed by atoms with Crippen molar-refractivity contribution in [1.29, 1.82) is 0 Å². The fourth-order valence-electron chi connectivity index (χ4n) is 2.67. The highest BCUT2D eigenvalue weighted by Crippen LogP contribution is 2.42. The van der Waals surface area contributed by atoms with Crippen LogP contribution < -0.4 is 10.6 Å². The number of thioether (sulfide) groups is 1. The first-order valence-corrected chi connectivity index (χ1v) is 8.93. The van der Waals surface area contributed by atoms with Crippen molar-refractivity contribution in [3.05, 3.63) is 59.9 Å². The highest BCUT2D eigenvalue weighted by atomic mass is 32.2. The van der Waals surface area contributed by atoms with Crippen LogP contribution in [0.15, 0.2) is 53.4 Å². The van der Waals surface area contributed by atoms with E-state index < -0.39 is 4.75 Å². The number of carbonyl (C=O) groups excluding carboxylic acids is 2. The number of benzene rings is 2. The lowest BCUT2D eigenvalue weighted by Crippen LogP contribution is -2.52. The molecule has 2 N–H and O–H groups in total. The minimum absolute atomic E-state index is 0.236. The topological polar surface area (TPSA) is 58.2 Å². The van der Waals surface area contributed by atoms with Crippen molar-refractivity contribution in [3.63, 3.8) is 0 Å². The standard InChI is InChI=1S/C19H19FN2O2S/c1-19(18(24)22-15-10-4-5-11-16(15)25-19)17(23)21-12-6-8-13-7-2-3-9-14(13)20/h2-5,7,9-11H,6,8,12H2,1H3,(H,21,23)(H,22,24). The predicted molar refractivity (Wildman–Crippen MR) is 97.1 cm³/mol. The highest BCUT2D eigenvalue weighted by molar-refractivity contribution is 8.02. The summed E-state index contributed by atoms with van der Waals surface area (Å²) < 4.78 is 12.4. The second-order valence-electron chi connectivity index (χ2n) is 6.04. The van der Waals surface area contributed by atoms with E-state index in [-0.39, 0.29) is 17.6 Å². The van der Waals surface area contributed by atoms with Crippen molar-refractivity contribution < 1.29 is 14.0 Å². The van der Waals surface area contributed by atoms with Crippen molar-refractivity contribution in [2.24, 2.45) is 0 Å². The van der Waals surface area contributed by atoms with Gasteiger partial charge >= 0.3 is 0 Å². The van der Waals surface area contributed by atoms with Gasteiger partial charge < -0.3 is 10.6 Å². The summed E-state index contributed by atoms with van der Waals surface area (Å²) in [7, 11) is 0. The van der Waals surface area contributed by atoms with Gasteiger partial charge in [0.2, 0.25) is 11.8 Å². The Balaban J connectivity index is 1.58. The Morgan fingerprint density at radius 3 is 2.72 bits per heavy atom. The summed E-state index contributed by atoms with van der Waals surface area (Å²) in [5.41, 5.74) is 1.35. The van der Waals surface area contributed by atoms with E-state index in [2.05, 4.69) is 10.6 Å². The summed E-state index contributed by atoms with van der Waals surface area (Å²) in [6.45, 7) is 2.01. The average Bonchev–Trinajstić information content (AvgIpc) is 2.61. The zero-order chi connectivity index (χ0) is 17.9. The second-order valence-corrected chi connectivity index (χ2v) is 7.50. The summed E-state index contributed by atoms with van der Waals surface area (Å²) in [5, 5.41) is 5.59. The van der Waals surface area contributed by atoms with Crippen LogP contribution in [0.2, 0.25) is 0 Å². The minimum Gasteiger partial charge on any atom is -0.354 e. The predicted octanol–water partition coefficient (Wildman–Crippen LogP) is 3.38. The first-order valence-electron chi connectivity index (χ1n) is 8.12. The van der Waals surface area contributed by atoms with Crippen LogP contribution >= 0.6 is 11.8 Å². The van der Waals surface area contributed by atoms with Gasteiger partial charge in [0.1, 0.15) is 5.82 Å². The zero-order valence-electron chi connectivity index (χ0n) is 13.8. The molecule has 2 aromatic rings. The van der Waals surface area contributed by atoms with Gasteiger partial charge in [-0.25, -0.2) is 4.39 Å². The number of para-hydroxylation sites is 1. The molecule has 0 saturated heterocycles. The van der Waals surface area contributed by atoms with Gasteiger partial charge in [0.05, 0.1) is 5.69 Å². The summed E-state index contributed by atoms with van der Waals surface area (Å²) in [5.74, 6) is -0.902. The Kier molecular flexibility index (Phi) is 5.08. The van der Waals surface area contributed by atoms with Crippen molar-refractivity contribution in [3.8, 4) is 0 Å². The lowest BCUT2D eigenvalue weighted by atomic mass is 10.1. The van der Waals surface area contributed by atoms with Gasteiger partial charge in [0.15, 0.2) is 4.75 Å². The van der Waals surface area contributed by atoms with E-state index in [0.717, 1.165) is 10.6 Å². The molecule has 25 heavy (non-hydrogen) atoms. The Morgan fingerprint density at radius 1 is 1.20 bits per heavy atom. The summed E-state index contributed by atoms with van der Waals surface area (Å²) in [4.78, 5) is 25.8. The van der Waals surface area contributed by atoms with Gasteiger partial charge in [-0.1, -0.05) is 42.1 Å². The third kappa shape index (κ3) is 3.69. The average molecular weight is 358 g/mol. The SMILES string of the molecule is CC1(C(=O)NCCCc2ccccc2F)Sc2ccccc2NC1=O. The molecule has 0 aromatic heterocycles. The van der Waals surface area contributed by atoms with Gasteiger partial charge in [0, 0.05) is 11.4 Å². The van der Waals surface area contributed by atoms with Gasteiger partial charge in [-0.3, -0.25) is 9.59 Å². The third-order valence-electron chi connectivity index (χ3n) is 4.18. The zero-order valence-corrected chi connectivity index (χ0v) is 14.7. The van der Waals surface area contributed by atoms with Gasteiger partial charge in [-0.2, -0.15) is 0 Å². The number of amides is 2. The van der Waals surface area contributed by atoms with E-state index in [0.29, 0.717) is 24.9 Å². The maximum Gasteiger partial charge on any atom is 0.250 e. The van der Waals surface area contributed by atoms with Crippen LogP contribution in [0.25, 0.3) is 0 Å². The minimum atomic E-state index is -1.22. The molecule has 1 aliphatic heterocycles. The number of hydrogen-bond acceptors (Lipinski definition) is 3. The van der Waals surface area contributed by atoms with Crippen LogP contribution in [-0.2, 0) is 16.0 Å². The second kappa shape index (κ2) is 7.27. The number of halogens is 1. The van der Waals surface area contributed by atoms with E-state index in [4.69, 9.17) is 0 Å². The molecular weight excluding hydrogens is 339 g/mol. The molecule has 0 bridgehead atoms. The molecule has 0 radical (unpaired) electrons. The molecule has 0 saturated carbocycles. The number of aryl methyl sites for hydroxylation is 1. The molecule has 130 valence electrons. The Morgan fingerprint density at radius 2 is 1.92 bits per heavy atom. The number of rotatable bonds is 5. The van der Waals surface area contributed by atoms with Gasteiger partial charge in [-0.15, -0.1) is 0 Å². The lowest BCUT2D eigenvalue weighted by molar-refractivity contribution is -0.129. The largest absolute Gasteiger partial charge is 0.354 e. The molecule has 2 aromatic carbocycles. The number of anilines is 1. The molecule has 1 atom stereocenters. The summed E-state index contributed by atoms with van der Waals surface area (Å²) >= 11 is 1.25. The molecule has 1 unspecified atom stereocenters. The van der Waals surface area contributed by atoms with Gasteiger partial charge in [-0.05, 0) is 43.5 Å². The number of hydrogen-bond donors (Lipinski definition) is 2. The van der Waals surface area contributed by atoms with Gasteiger partial charge in [0.25, 0.3) is 0 Å². The fraction of sp³-hybridized carbons (Fsp3) is 0.263. The Bertz CT molecular complexity index is 812. The molecule has 6 heteroatoms. The van der Waals surface area contributed by atoms with Crippen molar-refractivity contribution in [2.45, 2.75) is 29.4 Å². The normalized spacial score (nSPS) is 19.0. The highest BCUT2D eigenvalue weighted by Gasteiger charge is 2.45. The summed E-state index contributed by atoms with van der Waals surface area (Å²) in [6.07, 6.45) is 1.14. The van der Waals surface area contributed by atoms with E-state index in [1.807, 2.05) is 24.3 Å². The summed E-state index contributed by atoms with van der Waals surface area (Å²) in [6, 6.07) is 14.0. The van der Waals surface area contributed by atoms with Crippen LogP contribution in [0.5, 0.6) is 0 Å².